The molecule has 0 spiro atoms. The van der Waals surface area contributed by atoms with E-state index < -0.39 is 0 Å². The van der Waals surface area contributed by atoms with Crippen molar-refractivity contribution in [2.45, 2.75) is 32.1 Å². The molecular weight excluding hydrogens is 274 g/mol. The average Bonchev–Trinajstić information content (AvgIpc) is 2.97. The fourth-order valence-corrected chi connectivity index (χ4v) is 2.89. The van der Waals surface area contributed by atoms with E-state index in [2.05, 4.69) is 21.7 Å². The zero-order valence-electron chi connectivity index (χ0n) is 11.6. The molecule has 1 aromatic heterocycles. The first-order valence-electron chi connectivity index (χ1n) is 6.84. The van der Waals surface area contributed by atoms with Crippen molar-refractivity contribution in [3.63, 3.8) is 0 Å². The van der Waals surface area contributed by atoms with E-state index in [0.29, 0.717) is 17.2 Å². The van der Waals surface area contributed by atoms with Gasteiger partial charge >= 0.3 is 0 Å². The number of hydrogen-bond donors (Lipinski definition) is 2. The molecule has 0 atom stereocenters. The first kappa shape index (κ1) is 14.7. The van der Waals surface area contributed by atoms with Crippen molar-refractivity contribution in [2.75, 3.05) is 13.6 Å². The monoisotopic (exact) mass is 293 g/mol. The molecule has 0 fully saturated rings. The second-order valence-corrected chi connectivity index (χ2v) is 5.59. The smallest absolute Gasteiger partial charge is 0.280 e. The van der Waals surface area contributed by atoms with Gasteiger partial charge in [-0.1, -0.05) is 11.6 Å². The SMILES string of the molecule is CNC(=O)c1nc(C(=O)NCCC2=CCCCC2)cs1. The third-order valence-corrected chi connectivity index (χ3v) is 4.12. The van der Waals surface area contributed by atoms with Gasteiger partial charge in [0.15, 0.2) is 5.01 Å². The molecule has 6 heteroatoms. The van der Waals surface area contributed by atoms with Crippen LogP contribution in [0.3, 0.4) is 0 Å². The zero-order valence-corrected chi connectivity index (χ0v) is 12.4. The maximum Gasteiger partial charge on any atom is 0.280 e. The van der Waals surface area contributed by atoms with Crippen molar-refractivity contribution in [1.82, 2.24) is 15.6 Å². The lowest BCUT2D eigenvalue weighted by atomic mass is 9.97. The van der Waals surface area contributed by atoms with Crippen molar-refractivity contribution < 1.29 is 9.59 Å². The molecule has 0 saturated carbocycles. The lowest BCUT2D eigenvalue weighted by Crippen LogP contribution is -2.25. The molecule has 0 unspecified atom stereocenters. The summed E-state index contributed by atoms with van der Waals surface area (Å²) in [6.07, 6.45) is 8.01. The van der Waals surface area contributed by atoms with Crippen molar-refractivity contribution in [3.8, 4) is 0 Å². The number of thiazole rings is 1. The van der Waals surface area contributed by atoms with Gasteiger partial charge in [0.2, 0.25) is 0 Å². The van der Waals surface area contributed by atoms with E-state index in [1.54, 1.807) is 12.4 Å². The minimum atomic E-state index is -0.263. The third kappa shape index (κ3) is 3.90. The normalized spacial score (nSPS) is 14.6. The largest absolute Gasteiger partial charge is 0.353 e. The van der Waals surface area contributed by atoms with Crippen molar-refractivity contribution in [2.24, 2.45) is 0 Å². The maximum atomic E-state index is 11.9. The Morgan fingerprint density at radius 2 is 2.20 bits per heavy atom. The number of aromatic nitrogens is 1. The van der Waals surface area contributed by atoms with Gasteiger partial charge in [-0.15, -0.1) is 11.3 Å². The molecule has 1 aromatic rings. The van der Waals surface area contributed by atoms with Crippen molar-refractivity contribution >= 4 is 23.2 Å². The lowest BCUT2D eigenvalue weighted by molar-refractivity contribution is 0.0949. The molecule has 1 heterocycles. The molecule has 5 nitrogen and oxygen atoms in total. The first-order chi connectivity index (χ1) is 9.70. The summed E-state index contributed by atoms with van der Waals surface area (Å²) in [6, 6.07) is 0. The summed E-state index contributed by atoms with van der Waals surface area (Å²) >= 11 is 1.18. The van der Waals surface area contributed by atoms with Gasteiger partial charge in [0, 0.05) is 19.0 Å². The molecule has 2 N–H and O–H groups in total. The Labute approximate surface area is 122 Å². The molecule has 2 amide bonds. The number of amides is 2. The van der Waals surface area contributed by atoms with Gasteiger partial charge in [0.1, 0.15) is 5.69 Å². The number of allylic oxidation sites excluding steroid dienone is 1. The highest BCUT2D eigenvalue weighted by atomic mass is 32.1. The number of nitrogens with zero attached hydrogens (tertiary/aromatic N) is 1. The Balaban J connectivity index is 1.81. The summed E-state index contributed by atoms with van der Waals surface area (Å²) in [5, 5.41) is 7.26. The quantitative estimate of drug-likeness (QED) is 0.817. The summed E-state index contributed by atoms with van der Waals surface area (Å²) in [5.41, 5.74) is 1.74. The first-order valence-corrected chi connectivity index (χ1v) is 7.72. The molecule has 108 valence electrons. The van der Waals surface area contributed by atoms with Crippen LogP contribution >= 0.6 is 11.3 Å². The molecule has 1 aliphatic rings. The predicted molar refractivity (Wildman–Crippen MR) is 79.0 cm³/mol. The second-order valence-electron chi connectivity index (χ2n) is 4.73. The summed E-state index contributed by atoms with van der Waals surface area (Å²) in [4.78, 5) is 27.3. The molecule has 0 aliphatic heterocycles. The predicted octanol–water partition coefficient (Wildman–Crippen LogP) is 2.12. The highest BCUT2D eigenvalue weighted by Crippen LogP contribution is 2.19. The fraction of sp³-hybridized carbons (Fsp3) is 0.500. The number of carbonyl (C=O) groups excluding carboxylic acids is 2. The molecular formula is C14H19N3O2S. The van der Waals surface area contributed by atoms with Gasteiger partial charge in [-0.3, -0.25) is 9.59 Å². The molecule has 0 bridgehead atoms. The average molecular weight is 293 g/mol. The van der Waals surface area contributed by atoms with E-state index >= 15 is 0 Å². The van der Waals surface area contributed by atoms with Crippen molar-refractivity contribution in [1.29, 1.82) is 0 Å². The summed E-state index contributed by atoms with van der Waals surface area (Å²) in [7, 11) is 1.54. The topological polar surface area (TPSA) is 71.1 Å². The zero-order chi connectivity index (χ0) is 14.4. The van der Waals surface area contributed by atoms with E-state index in [0.717, 1.165) is 19.3 Å². The second kappa shape index (κ2) is 7.19. The number of hydrogen-bond acceptors (Lipinski definition) is 4. The molecule has 0 radical (unpaired) electrons. The number of rotatable bonds is 5. The highest BCUT2D eigenvalue weighted by molar-refractivity contribution is 7.11. The van der Waals surface area contributed by atoms with Crippen molar-refractivity contribution in [3.05, 3.63) is 27.7 Å². The number of nitrogens with one attached hydrogen (secondary N) is 2. The molecule has 2 rings (SSSR count). The van der Waals surface area contributed by atoms with E-state index in [4.69, 9.17) is 0 Å². The molecule has 20 heavy (non-hydrogen) atoms. The highest BCUT2D eigenvalue weighted by Gasteiger charge is 2.14. The summed E-state index contributed by atoms with van der Waals surface area (Å²) in [6.45, 7) is 0.623. The van der Waals surface area contributed by atoms with Crippen LogP contribution in [0.15, 0.2) is 17.0 Å². The van der Waals surface area contributed by atoms with Crippen LogP contribution in [0.1, 0.15) is 52.4 Å². The van der Waals surface area contributed by atoms with Gasteiger partial charge < -0.3 is 10.6 Å². The van der Waals surface area contributed by atoms with E-state index in [1.165, 1.54) is 29.8 Å². The Morgan fingerprint density at radius 1 is 1.35 bits per heavy atom. The number of carbonyl (C=O) groups is 2. The van der Waals surface area contributed by atoms with Crippen LogP contribution in [0.5, 0.6) is 0 Å². The molecule has 0 saturated heterocycles. The molecule has 0 aromatic carbocycles. The summed E-state index contributed by atoms with van der Waals surface area (Å²) in [5.74, 6) is -0.478. The summed E-state index contributed by atoms with van der Waals surface area (Å²) < 4.78 is 0. The van der Waals surface area contributed by atoms with Gasteiger partial charge in [-0.2, -0.15) is 0 Å². The van der Waals surface area contributed by atoms with Gasteiger partial charge in [0.25, 0.3) is 11.8 Å². The Hall–Kier alpha value is -1.69. The van der Waals surface area contributed by atoms with Crippen LogP contribution in [0.2, 0.25) is 0 Å². The minimum Gasteiger partial charge on any atom is -0.353 e. The Bertz CT molecular complexity index is 522. The van der Waals surface area contributed by atoms with E-state index in [9.17, 15) is 9.59 Å². The van der Waals surface area contributed by atoms with Crippen LogP contribution in [0, 0.1) is 0 Å². The lowest BCUT2D eigenvalue weighted by Gasteiger charge is -2.12. The van der Waals surface area contributed by atoms with Crippen LogP contribution in [-0.4, -0.2) is 30.4 Å². The Morgan fingerprint density at radius 3 is 2.90 bits per heavy atom. The van der Waals surface area contributed by atoms with Crippen LogP contribution < -0.4 is 10.6 Å². The maximum absolute atomic E-state index is 11.9. The van der Waals surface area contributed by atoms with E-state index in [-0.39, 0.29) is 11.8 Å². The standard InChI is InChI=1S/C14H19N3O2S/c1-15-13(19)14-17-11(9-20-14)12(18)16-8-7-10-5-3-2-4-6-10/h5,9H,2-4,6-8H2,1H3,(H,15,19)(H,16,18). The fourth-order valence-electron chi connectivity index (χ4n) is 2.15. The minimum absolute atomic E-state index is 0.215. The van der Waals surface area contributed by atoms with Gasteiger partial charge in [0.05, 0.1) is 0 Å². The van der Waals surface area contributed by atoms with Gasteiger partial charge in [-0.05, 0) is 32.1 Å². The van der Waals surface area contributed by atoms with Crippen LogP contribution in [0.25, 0.3) is 0 Å². The third-order valence-electron chi connectivity index (χ3n) is 3.27. The molecule has 1 aliphatic carbocycles. The van der Waals surface area contributed by atoms with Crippen LogP contribution in [0.4, 0.5) is 0 Å². The Kier molecular flexibility index (Phi) is 5.29. The van der Waals surface area contributed by atoms with Gasteiger partial charge in [-0.25, -0.2) is 4.98 Å². The van der Waals surface area contributed by atoms with E-state index in [1.807, 2.05) is 0 Å². The van der Waals surface area contributed by atoms with Crippen LogP contribution in [-0.2, 0) is 0 Å².